The number of rotatable bonds is 7. The van der Waals surface area contributed by atoms with E-state index in [-0.39, 0.29) is 0 Å². The third-order valence-electron chi connectivity index (χ3n) is 3.62. The third-order valence-corrected chi connectivity index (χ3v) is 3.62. The predicted molar refractivity (Wildman–Crippen MR) is 73.2 cm³/mol. The first-order valence-corrected chi connectivity index (χ1v) is 6.85. The number of hydrogen-bond acceptors (Lipinski definition) is 2. The van der Waals surface area contributed by atoms with Crippen molar-refractivity contribution in [2.24, 2.45) is 5.92 Å². The van der Waals surface area contributed by atoms with Crippen LogP contribution in [-0.2, 0) is 6.42 Å². The van der Waals surface area contributed by atoms with Crippen molar-refractivity contribution in [1.29, 1.82) is 0 Å². The highest BCUT2D eigenvalue weighted by Gasteiger charge is 2.13. The van der Waals surface area contributed by atoms with Crippen molar-refractivity contribution in [1.82, 2.24) is 15.1 Å². The summed E-state index contributed by atoms with van der Waals surface area (Å²) in [5.41, 5.74) is 1.21. The van der Waals surface area contributed by atoms with E-state index >= 15 is 0 Å². The van der Waals surface area contributed by atoms with Gasteiger partial charge in [-0.1, -0.05) is 20.8 Å². The highest BCUT2D eigenvalue weighted by molar-refractivity contribution is 5.01. The molecule has 3 heteroatoms. The van der Waals surface area contributed by atoms with Gasteiger partial charge in [0, 0.05) is 18.3 Å². The number of hydrogen-bond donors (Lipinski definition) is 1. The summed E-state index contributed by atoms with van der Waals surface area (Å²) in [6.07, 6.45) is 4.29. The number of nitrogens with zero attached hydrogens (tertiary/aromatic N) is 2. The third kappa shape index (κ3) is 4.15. The fraction of sp³-hybridized carbons (Fsp3) is 0.786. The summed E-state index contributed by atoms with van der Waals surface area (Å²) < 4.78 is 2.08. The molecule has 1 heterocycles. The second-order valence-electron chi connectivity index (χ2n) is 5.07. The van der Waals surface area contributed by atoms with Crippen LogP contribution in [0.15, 0.2) is 12.3 Å². The van der Waals surface area contributed by atoms with Crippen LogP contribution in [-0.4, -0.2) is 22.4 Å². The minimum absolute atomic E-state index is 0.505. The fourth-order valence-corrected chi connectivity index (χ4v) is 1.95. The summed E-state index contributed by atoms with van der Waals surface area (Å²) in [5, 5.41) is 8.12. The number of aromatic nitrogens is 2. The molecule has 0 spiro atoms. The molecule has 1 aromatic heterocycles. The van der Waals surface area contributed by atoms with Gasteiger partial charge in [-0.05, 0) is 45.2 Å². The standard InChI is InChI=1S/C14H27N3/c1-6-12(4)17-9-8-14(16-17)10-11(3)13(5)15-7-2/h8-9,11-13,15H,6-7,10H2,1-5H3. The molecule has 1 rings (SSSR count). The molecule has 0 aliphatic carbocycles. The van der Waals surface area contributed by atoms with Gasteiger partial charge in [0.2, 0.25) is 0 Å². The summed E-state index contributed by atoms with van der Waals surface area (Å²) in [6.45, 7) is 12.1. The summed E-state index contributed by atoms with van der Waals surface area (Å²) in [6, 6.07) is 3.21. The van der Waals surface area contributed by atoms with Crippen LogP contribution in [0.3, 0.4) is 0 Å². The van der Waals surface area contributed by atoms with Crippen LogP contribution in [0.5, 0.6) is 0 Å². The SMILES string of the molecule is CCNC(C)C(C)Cc1ccn(C(C)CC)n1. The first-order valence-electron chi connectivity index (χ1n) is 6.85. The van der Waals surface area contributed by atoms with Crippen LogP contribution in [0.25, 0.3) is 0 Å². The smallest absolute Gasteiger partial charge is 0.0627 e. The first kappa shape index (κ1) is 14.2. The lowest BCUT2D eigenvalue weighted by Crippen LogP contribution is -2.33. The van der Waals surface area contributed by atoms with Crippen LogP contribution in [0.1, 0.15) is 52.8 Å². The monoisotopic (exact) mass is 237 g/mol. The predicted octanol–water partition coefficient (Wildman–Crippen LogP) is 3.03. The van der Waals surface area contributed by atoms with Crippen molar-refractivity contribution >= 4 is 0 Å². The average molecular weight is 237 g/mol. The minimum Gasteiger partial charge on any atom is -0.314 e. The summed E-state index contributed by atoms with van der Waals surface area (Å²) in [4.78, 5) is 0. The minimum atomic E-state index is 0.505. The van der Waals surface area contributed by atoms with Crippen LogP contribution < -0.4 is 5.32 Å². The number of nitrogens with one attached hydrogen (secondary N) is 1. The van der Waals surface area contributed by atoms with Gasteiger partial charge in [0.1, 0.15) is 0 Å². The summed E-state index contributed by atoms with van der Waals surface area (Å²) >= 11 is 0. The van der Waals surface area contributed by atoms with Crippen molar-refractivity contribution in [3.05, 3.63) is 18.0 Å². The van der Waals surface area contributed by atoms with E-state index in [4.69, 9.17) is 0 Å². The molecule has 0 bridgehead atoms. The highest BCUT2D eigenvalue weighted by atomic mass is 15.3. The zero-order valence-corrected chi connectivity index (χ0v) is 11.9. The molecular formula is C14H27N3. The Labute approximate surface area is 106 Å². The molecule has 0 aromatic carbocycles. The molecule has 0 saturated heterocycles. The van der Waals surface area contributed by atoms with Crippen molar-refractivity contribution in [3.8, 4) is 0 Å². The highest BCUT2D eigenvalue weighted by Crippen LogP contribution is 2.13. The van der Waals surface area contributed by atoms with Crippen LogP contribution in [0.2, 0.25) is 0 Å². The van der Waals surface area contributed by atoms with E-state index in [2.05, 4.69) is 62.0 Å². The van der Waals surface area contributed by atoms with Crippen LogP contribution in [0, 0.1) is 5.92 Å². The molecule has 3 unspecified atom stereocenters. The molecule has 3 atom stereocenters. The Kier molecular flexibility index (Phi) is 5.69. The largest absolute Gasteiger partial charge is 0.314 e. The summed E-state index contributed by atoms with van der Waals surface area (Å²) in [5.74, 6) is 0.621. The lowest BCUT2D eigenvalue weighted by atomic mass is 9.98. The maximum atomic E-state index is 4.65. The second-order valence-corrected chi connectivity index (χ2v) is 5.07. The van der Waals surface area contributed by atoms with Crippen LogP contribution >= 0.6 is 0 Å². The molecule has 0 amide bonds. The van der Waals surface area contributed by atoms with Crippen molar-refractivity contribution in [2.75, 3.05) is 6.54 Å². The van der Waals surface area contributed by atoms with Gasteiger partial charge in [-0.15, -0.1) is 0 Å². The van der Waals surface area contributed by atoms with E-state index < -0.39 is 0 Å². The Balaban J connectivity index is 2.54. The maximum absolute atomic E-state index is 4.65. The van der Waals surface area contributed by atoms with Gasteiger partial charge in [-0.25, -0.2) is 0 Å². The van der Waals surface area contributed by atoms with E-state index in [9.17, 15) is 0 Å². The van der Waals surface area contributed by atoms with Gasteiger partial charge in [-0.2, -0.15) is 5.10 Å². The average Bonchev–Trinajstić information content (AvgIpc) is 2.76. The molecule has 3 nitrogen and oxygen atoms in total. The second kappa shape index (κ2) is 6.80. The van der Waals surface area contributed by atoms with Gasteiger partial charge in [0.25, 0.3) is 0 Å². The molecule has 0 aliphatic rings. The molecular weight excluding hydrogens is 210 g/mol. The molecule has 1 N–H and O–H groups in total. The van der Waals surface area contributed by atoms with Gasteiger partial charge < -0.3 is 5.32 Å². The van der Waals surface area contributed by atoms with E-state index in [0.717, 1.165) is 19.4 Å². The zero-order chi connectivity index (χ0) is 12.8. The van der Waals surface area contributed by atoms with E-state index in [0.29, 0.717) is 18.0 Å². The first-order chi connectivity index (χ1) is 8.08. The zero-order valence-electron chi connectivity index (χ0n) is 11.9. The topological polar surface area (TPSA) is 29.9 Å². The molecule has 0 aliphatic heterocycles. The Bertz CT molecular complexity index is 319. The van der Waals surface area contributed by atoms with E-state index in [1.165, 1.54) is 5.69 Å². The van der Waals surface area contributed by atoms with Gasteiger partial charge in [-0.3, -0.25) is 4.68 Å². The Morgan fingerprint density at radius 1 is 1.29 bits per heavy atom. The Morgan fingerprint density at radius 2 is 2.00 bits per heavy atom. The van der Waals surface area contributed by atoms with Gasteiger partial charge in [0.15, 0.2) is 0 Å². The maximum Gasteiger partial charge on any atom is 0.0627 e. The molecule has 0 fully saturated rings. The molecule has 0 saturated carbocycles. The Hall–Kier alpha value is -0.830. The van der Waals surface area contributed by atoms with E-state index in [1.807, 2.05) is 0 Å². The normalized spacial score (nSPS) is 16.8. The molecule has 98 valence electrons. The van der Waals surface area contributed by atoms with Crippen LogP contribution in [0.4, 0.5) is 0 Å². The van der Waals surface area contributed by atoms with Crippen molar-refractivity contribution in [3.63, 3.8) is 0 Å². The lowest BCUT2D eigenvalue weighted by molar-refractivity contribution is 0.398. The molecule has 1 aromatic rings. The van der Waals surface area contributed by atoms with Crippen molar-refractivity contribution in [2.45, 2.75) is 59.5 Å². The van der Waals surface area contributed by atoms with Gasteiger partial charge >= 0.3 is 0 Å². The summed E-state index contributed by atoms with van der Waals surface area (Å²) in [7, 11) is 0. The molecule has 17 heavy (non-hydrogen) atoms. The quantitative estimate of drug-likeness (QED) is 0.790. The van der Waals surface area contributed by atoms with E-state index in [1.54, 1.807) is 0 Å². The van der Waals surface area contributed by atoms with Crippen molar-refractivity contribution < 1.29 is 0 Å². The fourth-order valence-electron chi connectivity index (χ4n) is 1.95. The molecule has 0 radical (unpaired) electrons. The van der Waals surface area contributed by atoms with Gasteiger partial charge in [0.05, 0.1) is 5.69 Å². The lowest BCUT2D eigenvalue weighted by Gasteiger charge is -2.19. The Morgan fingerprint density at radius 3 is 2.59 bits per heavy atom.